The van der Waals surface area contributed by atoms with Gasteiger partial charge in [0.2, 0.25) is 5.91 Å². The van der Waals surface area contributed by atoms with E-state index in [9.17, 15) is 4.79 Å². The standard InChI is InChI=1S/C27H31N5O2S/c1-18-16-20(12-13-21(18)29-24(33)17-34-2)32-26(23-11-7-15-31(23)19-8-3-4-9-19)25(30-27(32)35)22-10-5-6-14-28-22/h5-7,10-16,19,25-26H,3-4,8-9,17H2,1-2H3,(H,29,33)(H,30,35). The number of anilines is 2. The van der Waals surface area contributed by atoms with Crippen LogP contribution in [-0.4, -0.2) is 34.3 Å². The van der Waals surface area contributed by atoms with E-state index in [1.54, 1.807) is 0 Å². The normalized spacial score (nSPS) is 20.3. The van der Waals surface area contributed by atoms with Gasteiger partial charge in [0, 0.05) is 42.6 Å². The third kappa shape index (κ3) is 4.68. The molecule has 2 atom stereocenters. The predicted molar refractivity (Wildman–Crippen MR) is 142 cm³/mol. The zero-order valence-corrected chi connectivity index (χ0v) is 20.9. The molecule has 5 rings (SSSR count). The van der Waals surface area contributed by atoms with Gasteiger partial charge in [-0.25, -0.2) is 0 Å². The van der Waals surface area contributed by atoms with Gasteiger partial charge in [-0.05, 0) is 80.0 Å². The summed E-state index contributed by atoms with van der Waals surface area (Å²) in [5.74, 6) is -0.177. The van der Waals surface area contributed by atoms with Gasteiger partial charge < -0.3 is 24.8 Å². The number of methoxy groups -OCH3 is 1. The molecule has 7 nitrogen and oxygen atoms in total. The minimum absolute atomic E-state index is 0.0211. The van der Waals surface area contributed by atoms with Crippen molar-refractivity contribution in [1.82, 2.24) is 14.9 Å². The smallest absolute Gasteiger partial charge is 0.250 e. The number of nitrogens with one attached hydrogen (secondary N) is 2. The Balaban J connectivity index is 1.54. The molecule has 8 heteroatoms. The third-order valence-corrected chi connectivity index (χ3v) is 7.28. The number of carbonyl (C=O) groups excluding carboxylic acids is 1. The van der Waals surface area contributed by atoms with E-state index in [2.05, 4.69) is 55.5 Å². The maximum absolute atomic E-state index is 12.0. The number of carbonyl (C=O) groups is 1. The lowest BCUT2D eigenvalue weighted by Gasteiger charge is -2.30. The van der Waals surface area contributed by atoms with E-state index in [0.717, 1.165) is 22.6 Å². The van der Waals surface area contributed by atoms with Crippen molar-refractivity contribution in [2.24, 2.45) is 0 Å². The SMILES string of the molecule is COCC(=O)Nc1ccc(N2C(=S)NC(c3ccccn3)C2c2cccn2C2CCCC2)cc1C. The van der Waals surface area contributed by atoms with Crippen LogP contribution in [0.1, 0.15) is 60.8 Å². The molecule has 2 aromatic heterocycles. The summed E-state index contributed by atoms with van der Waals surface area (Å²) in [6, 6.07) is 16.8. The van der Waals surface area contributed by atoms with Gasteiger partial charge in [-0.2, -0.15) is 0 Å². The van der Waals surface area contributed by atoms with Gasteiger partial charge in [0.25, 0.3) is 0 Å². The average molecular weight is 490 g/mol. The van der Waals surface area contributed by atoms with E-state index in [1.165, 1.54) is 38.5 Å². The molecule has 1 saturated heterocycles. The minimum atomic E-state index is -0.177. The summed E-state index contributed by atoms with van der Waals surface area (Å²) in [5, 5.41) is 7.13. The topological polar surface area (TPSA) is 71.4 Å². The first kappa shape index (κ1) is 23.5. The molecule has 1 aliphatic heterocycles. The van der Waals surface area contributed by atoms with Crippen LogP contribution in [0.4, 0.5) is 11.4 Å². The molecular formula is C27H31N5O2S. The van der Waals surface area contributed by atoms with Crippen molar-refractivity contribution in [2.45, 2.75) is 50.7 Å². The zero-order valence-electron chi connectivity index (χ0n) is 20.1. The molecule has 2 N–H and O–H groups in total. The summed E-state index contributed by atoms with van der Waals surface area (Å²) in [6.07, 6.45) is 8.99. The summed E-state index contributed by atoms with van der Waals surface area (Å²) in [5.41, 5.74) is 4.89. The Morgan fingerprint density at radius 1 is 1.20 bits per heavy atom. The highest BCUT2D eigenvalue weighted by Gasteiger charge is 2.42. The Morgan fingerprint density at radius 3 is 2.74 bits per heavy atom. The van der Waals surface area contributed by atoms with E-state index < -0.39 is 0 Å². The molecular weight excluding hydrogens is 458 g/mol. The first-order valence-corrected chi connectivity index (χ1v) is 12.5. The second-order valence-corrected chi connectivity index (χ2v) is 9.64. The van der Waals surface area contributed by atoms with Crippen LogP contribution in [0.3, 0.4) is 0 Å². The Bertz CT molecular complexity index is 1210. The molecule has 2 fully saturated rings. The highest BCUT2D eigenvalue weighted by molar-refractivity contribution is 7.80. The van der Waals surface area contributed by atoms with Crippen molar-refractivity contribution >= 4 is 34.6 Å². The number of ether oxygens (including phenoxy) is 1. The first-order valence-electron chi connectivity index (χ1n) is 12.1. The van der Waals surface area contributed by atoms with Gasteiger partial charge in [0.15, 0.2) is 5.11 Å². The second kappa shape index (κ2) is 10.2. The number of aromatic nitrogens is 2. The van der Waals surface area contributed by atoms with Crippen molar-refractivity contribution in [3.63, 3.8) is 0 Å². The first-order chi connectivity index (χ1) is 17.1. The van der Waals surface area contributed by atoms with Crippen LogP contribution in [-0.2, 0) is 9.53 Å². The number of amides is 1. The predicted octanol–water partition coefficient (Wildman–Crippen LogP) is 5.07. The lowest BCUT2D eigenvalue weighted by molar-refractivity contribution is -0.119. The Kier molecular flexibility index (Phi) is 6.83. The molecule has 3 aromatic rings. The van der Waals surface area contributed by atoms with Gasteiger partial charge >= 0.3 is 0 Å². The molecule has 35 heavy (non-hydrogen) atoms. The van der Waals surface area contributed by atoms with Crippen molar-refractivity contribution < 1.29 is 9.53 Å². The van der Waals surface area contributed by atoms with Crippen LogP contribution in [0.15, 0.2) is 60.9 Å². The van der Waals surface area contributed by atoms with Crippen LogP contribution < -0.4 is 15.5 Å². The molecule has 1 amide bonds. The van der Waals surface area contributed by atoms with Gasteiger partial charge in [0.1, 0.15) is 12.6 Å². The molecule has 182 valence electrons. The zero-order chi connectivity index (χ0) is 24.4. The van der Waals surface area contributed by atoms with E-state index >= 15 is 0 Å². The highest BCUT2D eigenvalue weighted by atomic mass is 32.1. The van der Waals surface area contributed by atoms with Gasteiger partial charge in [-0.1, -0.05) is 18.9 Å². The number of thiocarbonyl (C=S) groups is 1. The van der Waals surface area contributed by atoms with Crippen molar-refractivity contribution in [2.75, 3.05) is 23.9 Å². The second-order valence-electron chi connectivity index (χ2n) is 9.26. The summed E-state index contributed by atoms with van der Waals surface area (Å²) < 4.78 is 7.39. The van der Waals surface area contributed by atoms with E-state index in [1.807, 2.05) is 37.4 Å². The summed E-state index contributed by atoms with van der Waals surface area (Å²) in [6.45, 7) is 2.01. The van der Waals surface area contributed by atoms with E-state index in [-0.39, 0.29) is 24.6 Å². The molecule has 0 bridgehead atoms. The van der Waals surface area contributed by atoms with Crippen LogP contribution in [0.2, 0.25) is 0 Å². The number of benzene rings is 1. The molecule has 1 saturated carbocycles. The number of aryl methyl sites for hydroxylation is 1. The average Bonchev–Trinajstić information content (AvgIpc) is 3.60. The molecule has 0 spiro atoms. The van der Waals surface area contributed by atoms with Crippen molar-refractivity contribution in [3.05, 3.63) is 77.9 Å². The van der Waals surface area contributed by atoms with Gasteiger partial charge in [0.05, 0.1) is 11.7 Å². The summed E-state index contributed by atoms with van der Waals surface area (Å²) in [7, 11) is 1.51. The maximum atomic E-state index is 12.0. The Labute approximate surface area is 211 Å². The number of nitrogens with zero attached hydrogens (tertiary/aromatic N) is 3. The van der Waals surface area contributed by atoms with Crippen LogP contribution >= 0.6 is 12.2 Å². The number of hydrogen-bond acceptors (Lipinski definition) is 4. The Hall–Kier alpha value is -3.23. The minimum Gasteiger partial charge on any atom is -0.375 e. The van der Waals surface area contributed by atoms with Gasteiger partial charge in [-0.15, -0.1) is 0 Å². The quantitative estimate of drug-likeness (QED) is 0.452. The number of pyridine rings is 1. The molecule has 3 heterocycles. The molecule has 2 aliphatic rings. The Morgan fingerprint density at radius 2 is 2.03 bits per heavy atom. The molecule has 1 aliphatic carbocycles. The van der Waals surface area contributed by atoms with Crippen molar-refractivity contribution in [3.8, 4) is 0 Å². The summed E-state index contributed by atoms with van der Waals surface area (Å²) in [4.78, 5) is 18.9. The van der Waals surface area contributed by atoms with Crippen molar-refractivity contribution in [1.29, 1.82) is 0 Å². The highest BCUT2D eigenvalue weighted by Crippen LogP contribution is 2.44. The fourth-order valence-electron chi connectivity index (χ4n) is 5.36. The lowest BCUT2D eigenvalue weighted by Crippen LogP contribution is -2.31. The largest absolute Gasteiger partial charge is 0.375 e. The van der Waals surface area contributed by atoms with Crippen LogP contribution in [0.5, 0.6) is 0 Å². The number of hydrogen-bond donors (Lipinski definition) is 2. The summed E-state index contributed by atoms with van der Waals surface area (Å²) >= 11 is 5.90. The monoisotopic (exact) mass is 489 g/mol. The molecule has 0 radical (unpaired) electrons. The molecule has 1 aromatic carbocycles. The van der Waals surface area contributed by atoms with Crippen LogP contribution in [0.25, 0.3) is 0 Å². The van der Waals surface area contributed by atoms with Gasteiger partial charge in [-0.3, -0.25) is 9.78 Å². The fourth-order valence-corrected chi connectivity index (χ4v) is 5.71. The van der Waals surface area contributed by atoms with E-state index in [0.29, 0.717) is 11.2 Å². The van der Waals surface area contributed by atoms with Crippen LogP contribution in [0, 0.1) is 6.92 Å². The molecule has 2 unspecified atom stereocenters. The fraction of sp³-hybridized carbons (Fsp3) is 0.370. The number of rotatable bonds is 7. The van der Waals surface area contributed by atoms with E-state index in [4.69, 9.17) is 17.0 Å². The third-order valence-electron chi connectivity index (χ3n) is 6.97. The maximum Gasteiger partial charge on any atom is 0.250 e. The lowest BCUT2D eigenvalue weighted by atomic mass is 10.00.